The Balaban J connectivity index is 1.83. The Morgan fingerprint density at radius 2 is 1.59 bits per heavy atom. The Bertz CT molecular complexity index is 1150. The number of rotatable bonds is 3. The molecule has 29 heavy (non-hydrogen) atoms. The molecular formula is C20H20F3N3O2S. The number of benzene rings is 2. The molecule has 0 bridgehead atoms. The Hall–Kier alpha value is -2.52. The predicted molar refractivity (Wildman–Crippen MR) is 106 cm³/mol. The molecule has 0 saturated carbocycles. The molecule has 1 aliphatic rings. The number of hydrogen-bond acceptors (Lipinski definition) is 4. The minimum absolute atomic E-state index is 0.360. The van der Waals surface area contributed by atoms with Crippen LogP contribution in [0.2, 0.25) is 0 Å². The van der Waals surface area contributed by atoms with E-state index in [9.17, 15) is 21.6 Å². The summed E-state index contributed by atoms with van der Waals surface area (Å²) in [6.07, 6.45) is -3.44. The highest BCUT2D eigenvalue weighted by molar-refractivity contribution is 7.90. The third-order valence-corrected chi connectivity index (χ3v) is 7.00. The van der Waals surface area contributed by atoms with Gasteiger partial charge < -0.3 is 9.80 Å². The van der Waals surface area contributed by atoms with Gasteiger partial charge in [0, 0.05) is 43.4 Å². The number of aromatic nitrogens is 1. The first-order chi connectivity index (χ1) is 13.7. The maximum Gasteiger partial charge on any atom is 0.417 e. The molecule has 2 heterocycles. The molecule has 5 nitrogen and oxygen atoms in total. The lowest BCUT2D eigenvalue weighted by atomic mass is 10.2. The van der Waals surface area contributed by atoms with Crippen molar-refractivity contribution < 1.29 is 21.6 Å². The van der Waals surface area contributed by atoms with Gasteiger partial charge in [0.25, 0.3) is 10.0 Å². The van der Waals surface area contributed by atoms with Crippen molar-refractivity contribution in [3.8, 4) is 0 Å². The average Bonchev–Trinajstić information content (AvgIpc) is 3.13. The first-order valence-corrected chi connectivity index (χ1v) is 10.6. The van der Waals surface area contributed by atoms with Gasteiger partial charge in [-0.1, -0.05) is 18.2 Å². The van der Waals surface area contributed by atoms with Crippen LogP contribution in [0.4, 0.5) is 18.9 Å². The first-order valence-electron chi connectivity index (χ1n) is 9.15. The number of fused-ring (bicyclic) bond motifs is 1. The van der Waals surface area contributed by atoms with E-state index in [1.54, 1.807) is 18.2 Å². The number of likely N-dealkylation sites (N-methyl/N-ethyl adjacent to an activating group) is 1. The van der Waals surface area contributed by atoms with Crippen molar-refractivity contribution in [2.45, 2.75) is 11.1 Å². The second-order valence-corrected chi connectivity index (χ2v) is 8.89. The van der Waals surface area contributed by atoms with Gasteiger partial charge in [-0.15, -0.1) is 0 Å². The fourth-order valence-corrected chi connectivity index (χ4v) is 5.25. The van der Waals surface area contributed by atoms with E-state index in [2.05, 4.69) is 9.80 Å². The molecular weight excluding hydrogens is 403 g/mol. The highest BCUT2D eigenvalue weighted by Crippen LogP contribution is 2.36. The first kappa shape index (κ1) is 19.8. The van der Waals surface area contributed by atoms with Gasteiger partial charge >= 0.3 is 6.18 Å². The third kappa shape index (κ3) is 3.49. The van der Waals surface area contributed by atoms with E-state index in [1.807, 2.05) is 13.1 Å². The quantitative estimate of drug-likeness (QED) is 0.645. The fourth-order valence-electron chi connectivity index (χ4n) is 3.69. The van der Waals surface area contributed by atoms with Crippen LogP contribution >= 0.6 is 0 Å². The lowest BCUT2D eigenvalue weighted by Crippen LogP contribution is -2.44. The largest absolute Gasteiger partial charge is 0.417 e. The Kier molecular flexibility index (Phi) is 4.82. The molecule has 4 rings (SSSR count). The molecule has 0 aliphatic carbocycles. The summed E-state index contributed by atoms with van der Waals surface area (Å²) in [5, 5.41) is 0.699. The standard InChI is InChI=1S/C20H20F3N3O2S/c1-24-11-13-25(14-12-24)17-6-4-7-18-15(17)9-10-26(18)29(27,28)19-8-3-2-5-16(19)20(21,22)23/h2-10H,11-14H2,1H3. The summed E-state index contributed by atoms with van der Waals surface area (Å²) in [6, 6.07) is 11.2. The minimum atomic E-state index is -4.77. The molecule has 0 spiro atoms. The molecule has 9 heteroatoms. The lowest BCUT2D eigenvalue weighted by Gasteiger charge is -2.34. The van der Waals surface area contributed by atoms with Gasteiger partial charge in [-0.05, 0) is 37.4 Å². The van der Waals surface area contributed by atoms with Crippen molar-refractivity contribution in [1.29, 1.82) is 0 Å². The van der Waals surface area contributed by atoms with Crippen LogP contribution in [0.15, 0.2) is 59.6 Å². The summed E-state index contributed by atoms with van der Waals surface area (Å²) in [6.45, 7) is 3.36. The molecule has 0 unspecified atom stereocenters. The molecule has 3 aromatic rings. The van der Waals surface area contributed by atoms with E-state index in [0.29, 0.717) is 10.9 Å². The highest BCUT2D eigenvalue weighted by atomic mass is 32.2. The monoisotopic (exact) mass is 423 g/mol. The topological polar surface area (TPSA) is 45.5 Å². The summed E-state index contributed by atoms with van der Waals surface area (Å²) >= 11 is 0. The van der Waals surface area contributed by atoms with Crippen molar-refractivity contribution in [2.75, 3.05) is 38.1 Å². The SMILES string of the molecule is CN1CCN(c2cccc3c2ccn3S(=O)(=O)c2ccccc2C(F)(F)F)CC1. The van der Waals surface area contributed by atoms with Crippen LogP contribution < -0.4 is 4.90 Å². The number of halogens is 3. The number of alkyl halides is 3. The maximum atomic E-state index is 13.4. The van der Waals surface area contributed by atoms with E-state index in [0.717, 1.165) is 48.0 Å². The van der Waals surface area contributed by atoms with Crippen LogP contribution in [-0.4, -0.2) is 50.5 Å². The van der Waals surface area contributed by atoms with Crippen LogP contribution in [0.5, 0.6) is 0 Å². The molecule has 154 valence electrons. The van der Waals surface area contributed by atoms with Gasteiger partial charge in [-0.3, -0.25) is 0 Å². The second kappa shape index (κ2) is 7.07. The molecule has 0 amide bonds. The van der Waals surface area contributed by atoms with E-state index < -0.39 is 26.7 Å². The Morgan fingerprint density at radius 1 is 0.897 bits per heavy atom. The molecule has 0 N–H and O–H groups in total. The summed E-state index contributed by atoms with van der Waals surface area (Å²) in [5.41, 5.74) is 0.0733. The number of nitrogens with zero attached hydrogens (tertiary/aromatic N) is 3. The number of piperazine rings is 1. The number of hydrogen-bond donors (Lipinski definition) is 0. The highest BCUT2D eigenvalue weighted by Gasteiger charge is 2.37. The zero-order chi connectivity index (χ0) is 20.8. The van der Waals surface area contributed by atoms with Gasteiger partial charge in [-0.2, -0.15) is 13.2 Å². The smallest absolute Gasteiger partial charge is 0.368 e. The zero-order valence-electron chi connectivity index (χ0n) is 15.7. The third-order valence-electron chi connectivity index (χ3n) is 5.25. The van der Waals surface area contributed by atoms with Gasteiger partial charge in [0.15, 0.2) is 0 Å². The summed E-state index contributed by atoms with van der Waals surface area (Å²) in [7, 11) is -2.38. The van der Waals surface area contributed by atoms with Gasteiger partial charge in [-0.25, -0.2) is 12.4 Å². The number of anilines is 1. The van der Waals surface area contributed by atoms with E-state index in [1.165, 1.54) is 18.3 Å². The molecule has 1 aliphatic heterocycles. The van der Waals surface area contributed by atoms with Crippen molar-refractivity contribution in [3.63, 3.8) is 0 Å². The van der Waals surface area contributed by atoms with Crippen LogP contribution in [0.25, 0.3) is 10.9 Å². The molecule has 2 aromatic carbocycles. The Morgan fingerprint density at radius 3 is 2.28 bits per heavy atom. The van der Waals surface area contributed by atoms with Crippen molar-refractivity contribution in [2.24, 2.45) is 0 Å². The fraction of sp³-hybridized carbons (Fsp3) is 0.300. The molecule has 0 atom stereocenters. The van der Waals surface area contributed by atoms with E-state index >= 15 is 0 Å². The van der Waals surface area contributed by atoms with Crippen molar-refractivity contribution in [3.05, 3.63) is 60.3 Å². The Labute approximate surface area is 167 Å². The van der Waals surface area contributed by atoms with Gasteiger partial charge in [0.05, 0.1) is 11.1 Å². The van der Waals surface area contributed by atoms with Crippen LogP contribution in [0.1, 0.15) is 5.56 Å². The minimum Gasteiger partial charge on any atom is -0.368 e. The molecule has 1 aromatic heterocycles. The van der Waals surface area contributed by atoms with Gasteiger partial charge in [0.1, 0.15) is 4.90 Å². The van der Waals surface area contributed by atoms with Crippen molar-refractivity contribution >= 4 is 26.6 Å². The van der Waals surface area contributed by atoms with E-state index in [4.69, 9.17) is 0 Å². The predicted octanol–water partition coefficient (Wildman–Crippen LogP) is 3.65. The van der Waals surface area contributed by atoms with Gasteiger partial charge in [0.2, 0.25) is 0 Å². The molecule has 1 saturated heterocycles. The van der Waals surface area contributed by atoms with Crippen LogP contribution in [-0.2, 0) is 16.2 Å². The maximum absolute atomic E-state index is 13.4. The average molecular weight is 423 g/mol. The summed E-state index contributed by atoms with van der Waals surface area (Å²) in [5.74, 6) is 0. The zero-order valence-corrected chi connectivity index (χ0v) is 16.5. The second-order valence-electron chi connectivity index (χ2n) is 7.11. The normalized spacial score (nSPS) is 16.5. The van der Waals surface area contributed by atoms with Crippen LogP contribution in [0, 0.1) is 0 Å². The van der Waals surface area contributed by atoms with E-state index in [-0.39, 0.29) is 0 Å². The molecule has 1 fully saturated rings. The lowest BCUT2D eigenvalue weighted by molar-refractivity contribution is -0.139. The van der Waals surface area contributed by atoms with Crippen molar-refractivity contribution in [1.82, 2.24) is 8.87 Å². The summed E-state index contributed by atoms with van der Waals surface area (Å²) in [4.78, 5) is 3.62. The summed E-state index contributed by atoms with van der Waals surface area (Å²) < 4.78 is 67.4. The van der Waals surface area contributed by atoms with Crippen LogP contribution in [0.3, 0.4) is 0 Å². The molecule has 0 radical (unpaired) electrons.